The van der Waals surface area contributed by atoms with Gasteiger partial charge in [0.05, 0.1) is 12.2 Å². The van der Waals surface area contributed by atoms with Gasteiger partial charge in [-0.3, -0.25) is 0 Å². The molecule has 0 aliphatic carbocycles. The molecule has 4 heteroatoms. The van der Waals surface area contributed by atoms with Gasteiger partial charge in [-0.05, 0) is 17.2 Å². The van der Waals surface area contributed by atoms with Gasteiger partial charge in [-0.15, -0.1) is 0 Å². The molecule has 4 nitrogen and oxygen atoms in total. The van der Waals surface area contributed by atoms with Crippen molar-refractivity contribution in [1.82, 2.24) is 0 Å². The SMILES string of the molecule is COCC=C(C(=O)O)c1ccccc1CN. The first-order valence-corrected chi connectivity index (χ1v) is 4.91. The van der Waals surface area contributed by atoms with Gasteiger partial charge in [-0.25, -0.2) is 4.79 Å². The van der Waals surface area contributed by atoms with Gasteiger partial charge in [0, 0.05) is 13.7 Å². The summed E-state index contributed by atoms with van der Waals surface area (Å²) in [6.07, 6.45) is 1.54. The number of methoxy groups -OCH3 is 1. The molecule has 0 spiro atoms. The van der Waals surface area contributed by atoms with Crippen LogP contribution in [0.2, 0.25) is 0 Å². The largest absolute Gasteiger partial charge is 0.478 e. The van der Waals surface area contributed by atoms with Gasteiger partial charge in [-0.2, -0.15) is 0 Å². The molecule has 86 valence electrons. The maximum Gasteiger partial charge on any atom is 0.336 e. The summed E-state index contributed by atoms with van der Waals surface area (Å²) in [7, 11) is 1.52. The molecular weight excluding hydrogens is 206 g/mol. The van der Waals surface area contributed by atoms with E-state index in [1.54, 1.807) is 12.1 Å². The number of ether oxygens (including phenoxy) is 1. The summed E-state index contributed by atoms with van der Waals surface area (Å²) in [4.78, 5) is 11.1. The zero-order chi connectivity index (χ0) is 12.0. The first kappa shape index (κ1) is 12.4. The Kier molecular flexibility index (Phi) is 4.69. The highest BCUT2D eigenvalue weighted by molar-refractivity contribution is 6.15. The molecule has 0 atom stereocenters. The average Bonchev–Trinajstić information content (AvgIpc) is 2.29. The molecule has 0 aromatic heterocycles. The lowest BCUT2D eigenvalue weighted by Crippen LogP contribution is -2.07. The van der Waals surface area contributed by atoms with E-state index in [0.717, 1.165) is 5.56 Å². The van der Waals surface area contributed by atoms with E-state index in [-0.39, 0.29) is 12.2 Å². The van der Waals surface area contributed by atoms with Gasteiger partial charge in [-0.1, -0.05) is 24.3 Å². The first-order valence-electron chi connectivity index (χ1n) is 4.91. The summed E-state index contributed by atoms with van der Waals surface area (Å²) in [5, 5.41) is 9.11. The van der Waals surface area contributed by atoms with Crippen LogP contribution in [-0.2, 0) is 16.1 Å². The number of nitrogens with two attached hydrogens (primary N) is 1. The zero-order valence-corrected chi connectivity index (χ0v) is 9.14. The van der Waals surface area contributed by atoms with Crippen molar-refractivity contribution in [2.75, 3.05) is 13.7 Å². The maximum atomic E-state index is 11.1. The second-order valence-electron chi connectivity index (χ2n) is 3.24. The van der Waals surface area contributed by atoms with Gasteiger partial charge in [0.25, 0.3) is 0 Å². The lowest BCUT2D eigenvalue weighted by Gasteiger charge is -2.08. The van der Waals surface area contributed by atoms with Crippen LogP contribution in [-0.4, -0.2) is 24.8 Å². The van der Waals surface area contributed by atoms with Gasteiger partial charge in [0.1, 0.15) is 0 Å². The van der Waals surface area contributed by atoms with Crippen molar-refractivity contribution < 1.29 is 14.6 Å². The predicted octanol–water partition coefficient (Wildman–Crippen LogP) is 1.26. The van der Waals surface area contributed by atoms with Crippen LogP contribution in [0.3, 0.4) is 0 Å². The second-order valence-corrected chi connectivity index (χ2v) is 3.24. The smallest absolute Gasteiger partial charge is 0.336 e. The molecule has 1 aromatic rings. The fraction of sp³-hybridized carbons (Fsp3) is 0.250. The van der Waals surface area contributed by atoms with Crippen LogP contribution in [0.5, 0.6) is 0 Å². The number of hydrogen-bond acceptors (Lipinski definition) is 3. The van der Waals surface area contributed by atoms with Crippen molar-refractivity contribution in [3.63, 3.8) is 0 Å². The zero-order valence-electron chi connectivity index (χ0n) is 9.14. The van der Waals surface area contributed by atoms with Crippen molar-refractivity contribution in [3.8, 4) is 0 Å². The standard InChI is InChI=1S/C12H15NO3/c1-16-7-6-11(12(14)15)10-5-3-2-4-9(10)8-13/h2-6H,7-8,13H2,1H3,(H,14,15). The summed E-state index contributed by atoms with van der Waals surface area (Å²) < 4.78 is 4.85. The monoisotopic (exact) mass is 221 g/mol. The van der Waals surface area contributed by atoms with Crippen molar-refractivity contribution >= 4 is 11.5 Å². The van der Waals surface area contributed by atoms with E-state index >= 15 is 0 Å². The Morgan fingerprint density at radius 1 is 1.50 bits per heavy atom. The minimum Gasteiger partial charge on any atom is -0.478 e. The Balaban J connectivity index is 3.15. The van der Waals surface area contributed by atoms with Crippen LogP contribution in [0.25, 0.3) is 5.57 Å². The van der Waals surface area contributed by atoms with Crippen LogP contribution >= 0.6 is 0 Å². The molecule has 3 N–H and O–H groups in total. The van der Waals surface area contributed by atoms with Gasteiger partial charge in [0.2, 0.25) is 0 Å². The van der Waals surface area contributed by atoms with Crippen LogP contribution in [0.15, 0.2) is 30.3 Å². The molecule has 0 saturated heterocycles. The molecule has 0 heterocycles. The van der Waals surface area contributed by atoms with Crippen molar-refractivity contribution in [1.29, 1.82) is 0 Å². The highest BCUT2D eigenvalue weighted by Gasteiger charge is 2.12. The number of carbonyl (C=O) groups is 1. The molecule has 0 amide bonds. The molecule has 1 rings (SSSR count). The van der Waals surface area contributed by atoms with Crippen LogP contribution < -0.4 is 5.73 Å². The minimum atomic E-state index is -0.974. The highest BCUT2D eigenvalue weighted by Crippen LogP contribution is 2.19. The fourth-order valence-corrected chi connectivity index (χ4v) is 1.44. The molecule has 0 saturated carbocycles. The predicted molar refractivity (Wildman–Crippen MR) is 61.8 cm³/mol. The van der Waals surface area contributed by atoms with E-state index in [9.17, 15) is 4.79 Å². The summed E-state index contributed by atoms with van der Waals surface area (Å²) >= 11 is 0. The van der Waals surface area contributed by atoms with Crippen LogP contribution in [0.1, 0.15) is 11.1 Å². The van der Waals surface area contributed by atoms with Crippen LogP contribution in [0.4, 0.5) is 0 Å². The molecule has 0 aliphatic heterocycles. The number of aliphatic carboxylic acids is 1. The Hall–Kier alpha value is -1.65. The summed E-state index contributed by atoms with van der Waals surface area (Å²) in [6.45, 7) is 0.578. The lowest BCUT2D eigenvalue weighted by molar-refractivity contribution is -0.130. The molecule has 0 fully saturated rings. The molecule has 0 aliphatic rings. The number of rotatable bonds is 5. The van der Waals surface area contributed by atoms with Gasteiger partial charge >= 0.3 is 5.97 Å². The van der Waals surface area contributed by atoms with E-state index < -0.39 is 5.97 Å². The maximum absolute atomic E-state index is 11.1. The van der Waals surface area contributed by atoms with Gasteiger partial charge in [0.15, 0.2) is 0 Å². The Bertz CT molecular complexity index is 399. The fourth-order valence-electron chi connectivity index (χ4n) is 1.44. The number of carboxylic acid groups (broad SMARTS) is 1. The topological polar surface area (TPSA) is 72.5 Å². The molecular formula is C12H15NO3. The van der Waals surface area contributed by atoms with E-state index in [1.165, 1.54) is 13.2 Å². The van der Waals surface area contributed by atoms with Crippen molar-refractivity contribution in [2.24, 2.45) is 5.73 Å². The molecule has 0 bridgehead atoms. The first-order chi connectivity index (χ1) is 7.70. The third-order valence-corrected chi connectivity index (χ3v) is 2.21. The number of carboxylic acids is 1. The normalized spacial score (nSPS) is 11.5. The summed E-state index contributed by atoms with van der Waals surface area (Å²) in [6, 6.07) is 7.19. The molecule has 1 aromatic carbocycles. The third kappa shape index (κ3) is 2.92. The summed E-state index contributed by atoms with van der Waals surface area (Å²) in [5.74, 6) is -0.974. The van der Waals surface area contributed by atoms with E-state index in [4.69, 9.17) is 15.6 Å². The third-order valence-electron chi connectivity index (χ3n) is 2.21. The van der Waals surface area contributed by atoms with Gasteiger partial charge < -0.3 is 15.6 Å². The molecule has 0 radical (unpaired) electrons. The summed E-state index contributed by atoms with van der Waals surface area (Å²) in [5.41, 5.74) is 7.25. The Labute approximate surface area is 94.3 Å². The second kappa shape index (κ2) is 6.05. The Morgan fingerprint density at radius 2 is 2.19 bits per heavy atom. The number of benzene rings is 1. The lowest BCUT2D eigenvalue weighted by atomic mass is 9.99. The van der Waals surface area contributed by atoms with Crippen LogP contribution in [0, 0.1) is 0 Å². The average molecular weight is 221 g/mol. The van der Waals surface area contributed by atoms with E-state index in [0.29, 0.717) is 12.1 Å². The molecule has 16 heavy (non-hydrogen) atoms. The van der Waals surface area contributed by atoms with Crippen molar-refractivity contribution in [2.45, 2.75) is 6.54 Å². The molecule has 0 unspecified atom stereocenters. The minimum absolute atomic E-state index is 0.225. The Morgan fingerprint density at radius 3 is 2.75 bits per heavy atom. The highest BCUT2D eigenvalue weighted by atomic mass is 16.5. The quantitative estimate of drug-likeness (QED) is 0.734. The van der Waals surface area contributed by atoms with Crippen molar-refractivity contribution in [3.05, 3.63) is 41.5 Å². The number of hydrogen-bond donors (Lipinski definition) is 2. The van der Waals surface area contributed by atoms with E-state index in [2.05, 4.69) is 0 Å². The van der Waals surface area contributed by atoms with E-state index in [1.807, 2.05) is 12.1 Å².